The van der Waals surface area contributed by atoms with Gasteiger partial charge in [0.15, 0.2) is 0 Å². The molecular formula is C18H31N5O. The summed E-state index contributed by atoms with van der Waals surface area (Å²) in [5.74, 6) is 2.39. The normalized spacial score (nSPS) is 15.1. The lowest BCUT2D eigenvalue weighted by molar-refractivity contribution is -0.121. The van der Waals surface area contributed by atoms with Gasteiger partial charge in [-0.3, -0.25) is 4.79 Å². The third-order valence-electron chi connectivity index (χ3n) is 4.53. The molecule has 0 aromatic carbocycles. The first kappa shape index (κ1) is 18.5. The van der Waals surface area contributed by atoms with Crippen molar-refractivity contribution in [2.24, 2.45) is 5.92 Å². The predicted molar refractivity (Wildman–Crippen MR) is 98.4 cm³/mol. The molecule has 0 aliphatic heterocycles. The molecule has 1 aromatic rings. The zero-order chi connectivity index (χ0) is 17.4. The van der Waals surface area contributed by atoms with E-state index in [0.717, 1.165) is 23.9 Å². The second-order valence-electron chi connectivity index (χ2n) is 6.90. The zero-order valence-electron chi connectivity index (χ0n) is 15.3. The van der Waals surface area contributed by atoms with Gasteiger partial charge < -0.3 is 15.5 Å². The highest BCUT2D eigenvalue weighted by Crippen LogP contribution is 2.27. The SMILES string of the molecule is Cc1cc(N(C)C)nc(NCCNC(=O)CCC2CCCCC2)n1. The van der Waals surface area contributed by atoms with Crippen LogP contribution in [0.3, 0.4) is 0 Å². The number of carbonyl (C=O) groups is 1. The van der Waals surface area contributed by atoms with Gasteiger partial charge in [-0.15, -0.1) is 0 Å². The molecule has 0 atom stereocenters. The van der Waals surface area contributed by atoms with Crippen molar-refractivity contribution < 1.29 is 4.79 Å². The van der Waals surface area contributed by atoms with Crippen LogP contribution in [0, 0.1) is 12.8 Å². The number of hydrogen-bond donors (Lipinski definition) is 2. The molecule has 1 aromatic heterocycles. The molecule has 6 heteroatoms. The predicted octanol–water partition coefficient (Wildman–Crippen LogP) is 2.74. The highest BCUT2D eigenvalue weighted by atomic mass is 16.1. The van der Waals surface area contributed by atoms with Crippen LogP contribution < -0.4 is 15.5 Å². The molecule has 24 heavy (non-hydrogen) atoms. The molecule has 0 spiro atoms. The van der Waals surface area contributed by atoms with Gasteiger partial charge in [-0.25, -0.2) is 4.98 Å². The molecule has 0 saturated heterocycles. The summed E-state index contributed by atoms with van der Waals surface area (Å²) in [5, 5.41) is 6.16. The zero-order valence-corrected chi connectivity index (χ0v) is 15.3. The minimum absolute atomic E-state index is 0.154. The Morgan fingerprint density at radius 1 is 1.21 bits per heavy atom. The molecule has 1 heterocycles. The van der Waals surface area contributed by atoms with Crippen molar-refractivity contribution in [1.29, 1.82) is 0 Å². The molecule has 134 valence electrons. The van der Waals surface area contributed by atoms with E-state index >= 15 is 0 Å². The van der Waals surface area contributed by atoms with Gasteiger partial charge in [-0.2, -0.15) is 4.98 Å². The van der Waals surface area contributed by atoms with Crippen LogP contribution in [0.1, 0.15) is 50.6 Å². The number of nitrogens with zero attached hydrogens (tertiary/aromatic N) is 3. The average molecular weight is 333 g/mol. The maximum Gasteiger partial charge on any atom is 0.224 e. The molecule has 6 nitrogen and oxygen atoms in total. The number of amides is 1. The molecule has 2 rings (SSSR count). The fourth-order valence-electron chi connectivity index (χ4n) is 3.14. The first-order valence-corrected chi connectivity index (χ1v) is 9.08. The first-order valence-electron chi connectivity index (χ1n) is 9.08. The van der Waals surface area contributed by atoms with Crippen LogP contribution in [-0.4, -0.2) is 43.1 Å². The third kappa shape index (κ3) is 6.34. The van der Waals surface area contributed by atoms with E-state index in [4.69, 9.17) is 0 Å². The van der Waals surface area contributed by atoms with E-state index in [1.807, 2.05) is 32.0 Å². The van der Waals surface area contributed by atoms with E-state index in [1.54, 1.807) is 0 Å². The van der Waals surface area contributed by atoms with Gasteiger partial charge in [-0.1, -0.05) is 32.1 Å². The summed E-state index contributed by atoms with van der Waals surface area (Å²) in [5.41, 5.74) is 0.924. The number of aryl methyl sites for hydroxylation is 1. The lowest BCUT2D eigenvalue weighted by atomic mass is 9.86. The summed E-state index contributed by atoms with van der Waals surface area (Å²) < 4.78 is 0. The van der Waals surface area contributed by atoms with E-state index in [1.165, 1.54) is 32.1 Å². The van der Waals surface area contributed by atoms with Crippen LogP contribution in [0.25, 0.3) is 0 Å². The Balaban J connectivity index is 1.64. The maximum absolute atomic E-state index is 11.9. The van der Waals surface area contributed by atoms with E-state index < -0.39 is 0 Å². The van der Waals surface area contributed by atoms with Crippen LogP contribution >= 0.6 is 0 Å². The van der Waals surface area contributed by atoms with Crippen LogP contribution in [0.5, 0.6) is 0 Å². The van der Waals surface area contributed by atoms with Gasteiger partial charge in [0.05, 0.1) is 0 Å². The highest BCUT2D eigenvalue weighted by Gasteiger charge is 2.14. The Kier molecular flexibility index (Phi) is 7.28. The molecule has 2 N–H and O–H groups in total. The molecule has 0 unspecified atom stereocenters. The topological polar surface area (TPSA) is 70.2 Å². The summed E-state index contributed by atoms with van der Waals surface area (Å²) >= 11 is 0. The van der Waals surface area contributed by atoms with Gasteiger partial charge in [0, 0.05) is 45.4 Å². The number of hydrogen-bond acceptors (Lipinski definition) is 5. The minimum atomic E-state index is 0.154. The molecule has 1 aliphatic carbocycles. The summed E-state index contributed by atoms with van der Waals surface area (Å²) in [7, 11) is 3.91. The van der Waals surface area contributed by atoms with E-state index in [0.29, 0.717) is 25.5 Å². The van der Waals surface area contributed by atoms with E-state index in [-0.39, 0.29) is 5.91 Å². The molecule has 1 amide bonds. The smallest absolute Gasteiger partial charge is 0.224 e. The largest absolute Gasteiger partial charge is 0.363 e. The number of carbonyl (C=O) groups excluding carboxylic acids is 1. The molecule has 1 aliphatic rings. The lowest BCUT2D eigenvalue weighted by Gasteiger charge is -2.21. The third-order valence-corrected chi connectivity index (χ3v) is 4.53. The van der Waals surface area contributed by atoms with Crippen LogP contribution in [0.2, 0.25) is 0 Å². The molecule has 0 radical (unpaired) electrons. The highest BCUT2D eigenvalue weighted by molar-refractivity contribution is 5.75. The second kappa shape index (κ2) is 9.45. The summed E-state index contributed by atoms with van der Waals surface area (Å²) in [6, 6.07) is 1.94. The van der Waals surface area contributed by atoms with Crippen LogP contribution in [0.4, 0.5) is 11.8 Å². The van der Waals surface area contributed by atoms with Gasteiger partial charge in [0.1, 0.15) is 5.82 Å². The minimum Gasteiger partial charge on any atom is -0.363 e. The lowest BCUT2D eigenvalue weighted by Crippen LogP contribution is -2.29. The van der Waals surface area contributed by atoms with Crippen LogP contribution in [0.15, 0.2) is 6.07 Å². The Morgan fingerprint density at radius 3 is 2.67 bits per heavy atom. The maximum atomic E-state index is 11.9. The molecule has 1 saturated carbocycles. The number of aromatic nitrogens is 2. The average Bonchev–Trinajstić information content (AvgIpc) is 2.57. The van der Waals surface area contributed by atoms with E-state index in [2.05, 4.69) is 20.6 Å². The van der Waals surface area contributed by atoms with Crippen molar-refractivity contribution in [2.45, 2.75) is 51.9 Å². The van der Waals surface area contributed by atoms with Gasteiger partial charge in [0.25, 0.3) is 0 Å². The Hall–Kier alpha value is -1.85. The summed E-state index contributed by atoms with van der Waals surface area (Å²) in [6.07, 6.45) is 8.32. The van der Waals surface area contributed by atoms with Crippen molar-refractivity contribution in [2.75, 3.05) is 37.4 Å². The standard InChI is InChI=1S/C18H31N5O/c1-14-13-16(23(2)3)22-18(21-14)20-12-11-19-17(24)10-9-15-7-5-4-6-8-15/h13,15H,4-12H2,1-3H3,(H,19,24)(H,20,21,22). The van der Waals surface area contributed by atoms with Crippen molar-refractivity contribution in [1.82, 2.24) is 15.3 Å². The van der Waals surface area contributed by atoms with Gasteiger partial charge in [-0.05, 0) is 19.3 Å². The second-order valence-corrected chi connectivity index (χ2v) is 6.90. The van der Waals surface area contributed by atoms with Crippen molar-refractivity contribution in [3.8, 4) is 0 Å². The number of nitrogens with one attached hydrogen (secondary N) is 2. The fourth-order valence-corrected chi connectivity index (χ4v) is 3.14. The van der Waals surface area contributed by atoms with Crippen LogP contribution in [-0.2, 0) is 4.79 Å². The quantitative estimate of drug-likeness (QED) is 0.716. The van der Waals surface area contributed by atoms with Gasteiger partial charge in [0.2, 0.25) is 11.9 Å². The summed E-state index contributed by atoms with van der Waals surface area (Å²) in [4.78, 5) is 22.7. The van der Waals surface area contributed by atoms with Crippen molar-refractivity contribution >= 4 is 17.7 Å². The molecular weight excluding hydrogens is 302 g/mol. The monoisotopic (exact) mass is 333 g/mol. The Bertz CT molecular complexity index is 526. The molecule has 0 bridgehead atoms. The fraction of sp³-hybridized carbons (Fsp3) is 0.722. The van der Waals surface area contributed by atoms with Crippen molar-refractivity contribution in [3.05, 3.63) is 11.8 Å². The first-order chi connectivity index (χ1) is 11.5. The van der Waals surface area contributed by atoms with Crippen molar-refractivity contribution in [3.63, 3.8) is 0 Å². The van der Waals surface area contributed by atoms with E-state index in [9.17, 15) is 4.79 Å². The molecule has 1 fully saturated rings. The number of rotatable bonds is 8. The Morgan fingerprint density at radius 2 is 1.96 bits per heavy atom. The summed E-state index contributed by atoms with van der Waals surface area (Å²) in [6.45, 7) is 3.18. The van der Waals surface area contributed by atoms with Gasteiger partial charge >= 0.3 is 0 Å². The number of anilines is 2. The Labute approximate surface area is 145 Å².